The van der Waals surface area contributed by atoms with Crippen molar-refractivity contribution in [2.45, 2.75) is 24.5 Å². The second-order valence-corrected chi connectivity index (χ2v) is 8.36. The van der Waals surface area contributed by atoms with E-state index in [1.165, 1.54) is 7.11 Å². The quantitative estimate of drug-likeness (QED) is 0.515. The van der Waals surface area contributed by atoms with E-state index in [1.807, 2.05) is 36.4 Å². The molecule has 3 atom stereocenters. The van der Waals surface area contributed by atoms with E-state index in [4.69, 9.17) is 14.2 Å². The number of carboxylic acids is 1. The molecular weight excluding hydrogens is 440 g/mol. The monoisotopic (exact) mass is 468 g/mol. The van der Waals surface area contributed by atoms with Crippen molar-refractivity contribution in [3.8, 4) is 11.1 Å². The molecule has 1 heterocycles. The van der Waals surface area contributed by atoms with Crippen LogP contribution in [0.3, 0.4) is 0 Å². The van der Waals surface area contributed by atoms with Gasteiger partial charge in [0.25, 0.3) is 0 Å². The number of alkyl carbamates (subject to hydrolysis) is 1. The van der Waals surface area contributed by atoms with Gasteiger partial charge in [-0.2, -0.15) is 0 Å². The fraction of sp³-hybridized carbons (Fsp3) is 0.400. The molecule has 1 aliphatic carbocycles. The minimum absolute atomic E-state index is 0.0357. The number of benzene rings is 2. The third-order valence-electron chi connectivity index (χ3n) is 6.32. The molecule has 180 valence electrons. The molecule has 1 aliphatic heterocycles. The number of rotatable bonds is 9. The van der Waals surface area contributed by atoms with Gasteiger partial charge in [-0.05, 0) is 22.3 Å². The highest BCUT2D eigenvalue weighted by molar-refractivity contribution is 5.82. The summed E-state index contributed by atoms with van der Waals surface area (Å²) in [5, 5.41) is 14.5. The summed E-state index contributed by atoms with van der Waals surface area (Å²) >= 11 is 0. The lowest BCUT2D eigenvalue weighted by Crippen LogP contribution is -2.47. The average Bonchev–Trinajstić information content (AvgIpc) is 3.43. The zero-order valence-corrected chi connectivity index (χ0v) is 18.9. The molecule has 1 fully saturated rings. The molecule has 2 aromatic rings. The fourth-order valence-corrected chi connectivity index (χ4v) is 4.53. The first-order valence-electron chi connectivity index (χ1n) is 11.2. The Bertz CT molecular complexity index is 1010. The second kappa shape index (κ2) is 10.7. The van der Waals surface area contributed by atoms with Gasteiger partial charge < -0.3 is 30.0 Å². The summed E-state index contributed by atoms with van der Waals surface area (Å²) in [4.78, 5) is 36.0. The van der Waals surface area contributed by atoms with E-state index in [9.17, 15) is 19.5 Å². The number of aliphatic carboxylic acids is 1. The number of methoxy groups -OCH3 is 1. The molecule has 0 aromatic heterocycles. The van der Waals surface area contributed by atoms with Gasteiger partial charge in [-0.3, -0.25) is 9.59 Å². The van der Waals surface area contributed by atoms with Crippen LogP contribution in [0.1, 0.15) is 23.5 Å². The Balaban J connectivity index is 1.25. The normalized spacial score (nSPS) is 19.7. The first-order valence-corrected chi connectivity index (χ1v) is 11.2. The van der Waals surface area contributed by atoms with E-state index in [2.05, 4.69) is 22.8 Å². The van der Waals surface area contributed by atoms with Crippen molar-refractivity contribution in [1.82, 2.24) is 10.6 Å². The number of hydrogen-bond acceptors (Lipinski definition) is 6. The maximum atomic E-state index is 12.5. The van der Waals surface area contributed by atoms with E-state index in [1.54, 1.807) is 0 Å². The van der Waals surface area contributed by atoms with Crippen LogP contribution in [0.25, 0.3) is 11.1 Å². The lowest BCUT2D eigenvalue weighted by molar-refractivity contribution is -0.142. The van der Waals surface area contributed by atoms with Crippen molar-refractivity contribution in [1.29, 1.82) is 0 Å². The van der Waals surface area contributed by atoms with Gasteiger partial charge in [0.05, 0.1) is 19.3 Å². The molecule has 2 aliphatic rings. The van der Waals surface area contributed by atoms with Crippen molar-refractivity contribution in [3.05, 3.63) is 59.7 Å². The summed E-state index contributed by atoms with van der Waals surface area (Å²) in [6.45, 7) is 0.552. The van der Waals surface area contributed by atoms with Crippen molar-refractivity contribution in [3.63, 3.8) is 0 Å². The van der Waals surface area contributed by atoms with Crippen LogP contribution >= 0.6 is 0 Å². The van der Waals surface area contributed by atoms with Crippen molar-refractivity contribution >= 4 is 18.0 Å². The highest BCUT2D eigenvalue weighted by Crippen LogP contribution is 2.44. The largest absolute Gasteiger partial charge is 0.481 e. The standard InChI is InChI=1S/C25H28N2O7/c1-32-22(23(28)27-21-14-33-12-20(21)24(29)30)10-11-26-25(31)34-13-19-17-8-4-2-6-15(17)16-7-3-5-9-18(16)19/h2-9,19-22H,10-14H2,1H3,(H,26,31)(H,27,28)(H,29,30). The first-order chi connectivity index (χ1) is 16.5. The maximum Gasteiger partial charge on any atom is 0.407 e. The van der Waals surface area contributed by atoms with E-state index in [0.717, 1.165) is 22.3 Å². The summed E-state index contributed by atoms with van der Waals surface area (Å²) < 4.78 is 15.9. The molecular formula is C25H28N2O7. The first kappa shape index (κ1) is 23.7. The summed E-state index contributed by atoms with van der Waals surface area (Å²) in [5.41, 5.74) is 4.56. The Labute approximate surface area is 197 Å². The Kier molecular flexibility index (Phi) is 7.44. The van der Waals surface area contributed by atoms with Crippen LogP contribution in [0.15, 0.2) is 48.5 Å². The third kappa shape index (κ3) is 5.05. The summed E-state index contributed by atoms with van der Waals surface area (Å²) in [7, 11) is 1.39. The van der Waals surface area contributed by atoms with Crippen LogP contribution in [-0.4, -0.2) is 68.7 Å². The third-order valence-corrected chi connectivity index (χ3v) is 6.32. The number of nitrogens with one attached hydrogen (secondary N) is 2. The molecule has 34 heavy (non-hydrogen) atoms. The minimum Gasteiger partial charge on any atom is -0.481 e. The van der Waals surface area contributed by atoms with E-state index < -0.39 is 36.0 Å². The Morgan fingerprint density at radius 3 is 2.32 bits per heavy atom. The molecule has 3 N–H and O–H groups in total. The number of carbonyl (C=O) groups excluding carboxylic acids is 2. The van der Waals surface area contributed by atoms with Crippen LogP contribution in [0, 0.1) is 5.92 Å². The molecule has 3 unspecified atom stereocenters. The van der Waals surface area contributed by atoms with Gasteiger partial charge in [-0.25, -0.2) is 4.79 Å². The molecule has 2 aromatic carbocycles. The second-order valence-electron chi connectivity index (χ2n) is 8.36. The molecule has 9 heteroatoms. The summed E-state index contributed by atoms with van der Waals surface area (Å²) in [5.74, 6) is -2.29. The van der Waals surface area contributed by atoms with Crippen molar-refractivity contribution < 1.29 is 33.7 Å². The number of hydrogen-bond donors (Lipinski definition) is 3. The molecule has 0 bridgehead atoms. The number of amides is 2. The van der Waals surface area contributed by atoms with Crippen LogP contribution < -0.4 is 10.6 Å². The molecule has 0 radical (unpaired) electrons. The number of carbonyl (C=O) groups is 3. The van der Waals surface area contributed by atoms with Gasteiger partial charge in [0.2, 0.25) is 5.91 Å². The zero-order chi connectivity index (χ0) is 24.1. The van der Waals surface area contributed by atoms with Crippen molar-refractivity contribution in [2.24, 2.45) is 5.92 Å². The van der Waals surface area contributed by atoms with Crippen LogP contribution in [0.5, 0.6) is 0 Å². The van der Waals surface area contributed by atoms with Gasteiger partial charge in [0, 0.05) is 26.0 Å². The summed E-state index contributed by atoms with van der Waals surface area (Å²) in [6, 6.07) is 15.6. The predicted octanol–water partition coefficient (Wildman–Crippen LogP) is 2.15. The van der Waals surface area contributed by atoms with Gasteiger partial charge in [-0.1, -0.05) is 48.5 Å². The average molecular weight is 469 g/mol. The highest BCUT2D eigenvalue weighted by Gasteiger charge is 2.36. The molecule has 2 amide bonds. The number of carboxylic acid groups (broad SMARTS) is 1. The highest BCUT2D eigenvalue weighted by atomic mass is 16.5. The van der Waals surface area contributed by atoms with E-state index >= 15 is 0 Å². The van der Waals surface area contributed by atoms with E-state index in [0.29, 0.717) is 0 Å². The minimum atomic E-state index is -1.02. The molecule has 0 spiro atoms. The SMILES string of the molecule is COC(CCNC(=O)OCC1c2ccccc2-c2ccccc21)C(=O)NC1COCC1C(=O)O. The Morgan fingerprint density at radius 1 is 1.06 bits per heavy atom. The van der Waals surface area contributed by atoms with Gasteiger partial charge in [0.15, 0.2) is 0 Å². The lowest BCUT2D eigenvalue weighted by atomic mass is 9.98. The van der Waals surface area contributed by atoms with Crippen LogP contribution in [0.4, 0.5) is 4.79 Å². The molecule has 0 saturated carbocycles. The zero-order valence-electron chi connectivity index (χ0n) is 18.9. The lowest BCUT2D eigenvalue weighted by Gasteiger charge is -2.20. The number of ether oxygens (including phenoxy) is 3. The van der Waals surface area contributed by atoms with Crippen LogP contribution in [0.2, 0.25) is 0 Å². The van der Waals surface area contributed by atoms with Gasteiger partial charge in [-0.15, -0.1) is 0 Å². The van der Waals surface area contributed by atoms with Gasteiger partial charge >= 0.3 is 12.1 Å². The van der Waals surface area contributed by atoms with Crippen LogP contribution in [-0.2, 0) is 23.8 Å². The smallest absolute Gasteiger partial charge is 0.407 e. The molecule has 9 nitrogen and oxygen atoms in total. The maximum absolute atomic E-state index is 12.5. The topological polar surface area (TPSA) is 123 Å². The van der Waals surface area contributed by atoms with E-state index in [-0.39, 0.29) is 38.7 Å². The number of fused-ring (bicyclic) bond motifs is 3. The Morgan fingerprint density at radius 2 is 1.71 bits per heavy atom. The molecule has 1 saturated heterocycles. The summed E-state index contributed by atoms with van der Waals surface area (Å²) in [6.07, 6.45) is -1.21. The molecule has 4 rings (SSSR count). The predicted molar refractivity (Wildman–Crippen MR) is 122 cm³/mol. The fourth-order valence-electron chi connectivity index (χ4n) is 4.53. The van der Waals surface area contributed by atoms with Gasteiger partial charge in [0.1, 0.15) is 18.6 Å². The van der Waals surface area contributed by atoms with Crippen molar-refractivity contribution in [2.75, 3.05) is 33.5 Å². The Hall–Kier alpha value is -3.43.